The number of fused-ring (bicyclic) bond motifs is 2. The van der Waals surface area contributed by atoms with Gasteiger partial charge in [0.05, 0.1) is 16.8 Å². The van der Waals surface area contributed by atoms with Gasteiger partial charge in [0.1, 0.15) is 0 Å². The van der Waals surface area contributed by atoms with Gasteiger partial charge in [0.2, 0.25) is 0 Å². The molecule has 3 N–H and O–H groups in total. The van der Waals surface area contributed by atoms with E-state index in [1.54, 1.807) is 0 Å². The number of aromatic amines is 1. The molecule has 4 aromatic rings. The molecule has 1 fully saturated rings. The van der Waals surface area contributed by atoms with Crippen LogP contribution in [0.2, 0.25) is 0 Å². The molecule has 1 amide bonds. The Labute approximate surface area is 246 Å². The maximum Gasteiger partial charge on any atom is 0.252 e. The van der Waals surface area contributed by atoms with Crippen molar-refractivity contribution in [1.29, 1.82) is 0 Å². The summed E-state index contributed by atoms with van der Waals surface area (Å²) in [7, 11) is 2.01. The third-order valence-corrected chi connectivity index (χ3v) is 8.40. The number of nitrogens with zero attached hydrogens (tertiary/aromatic N) is 3. The zero-order valence-electron chi connectivity index (χ0n) is 21.7. The molecule has 0 spiro atoms. The van der Waals surface area contributed by atoms with Crippen molar-refractivity contribution in [3.63, 3.8) is 0 Å². The molecule has 0 bridgehead atoms. The van der Waals surface area contributed by atoms with E-state index in [0.717, 1.165) is 86.8 Å². The third kappa shape index (κ3) is 6.56. The SMILES string of the molecule is CNCCCN1CCN(CCCNC(=O)c2cc(-c3c[nH]c4ccc(Br)cc34)nc3ccc(I)cc23)CC1. The van der Waals surface area contributed by atoms with E-state index in [9.17, 15) is 4.79 Å². The van der Waals surface area contributed by atoms with Gasteiger partial charge in [-0.3, -0.25) is 4.79 Å². The lowest BCUT2D eigenvalue weighted by molar-refractivity contribution is 0.0949. The summed E-state index contributed by atoms with van der Waals surface area (Å²) in [5.41, 5.74) is 4.31. The summed E-state index contributed by atoms with van der Waals surface area (Å²) in [4.78, 5) is 26.8. The molecule has 0 aliphatic carbocycles. The van der Waals surface area contributed by atoms with Crippen molar-refractivity contribution in [3.05, 3.63) is 62.3 Å². The van der Waals surface area contributed by atoms with Crippen LogP contribution in [0.1, 0.15) is 23.2 Å². The fourth-order valence-electron chi connectivity index (χ4n) is 5.14. The molecule has 0 radical (unpaired) electrons. The standard InChI is InChI=1S/C29H34BrIN6O/c1-32-8-2-10-36-12-14-37(15-13-36)11-3-9-33-29(38)24-18-28(35-27-7-5-21(31)17-23(24)27)25-19-34-26-6-4-20(30)16-22(25)26/h4-7,16-19,32,34H,2-3,8-15H2,1H3,(H,33,38). The van der Waals surface area contributed by atoms with Crippen LogP contribution in [0.4, 0.5) is 0 Å². The average Bonchev–Trinajstić information content (AvgIpc) is 3.34. The number of carbonyl (C=O) groups excluding carboxylic acids is 1. The predicted octanol–water partition coefficient (Wildman–Crippen LogP) is 5.10. The number of H-pyrrole nitrogens is 1. The first-order chi connectivity index (χ1) is 18.5. The molecule has 0 saturated carbocycles. The first kappa shape index (κ1) is 27.5. The normalized spacial score (nSPS) is 14.9. The third-order valence-electron chi connectivity index (χ3n) is 7.24. The van der Waals surface area contributed by atoms with Gasteiger partial charge in [-0.05, 0) is 105 Å². The second-order valence-corrected chi connectivity index (χ2v) is 12.0. The molecular formula is C29H34BrIN6O. The molecule has 1 aliphatic heterocycles. The van der Waals surface area contributed by atoms with Gasteiger partial charge in [-0.2, -0.15) is 0 Å². The Morgan fingerprint density at radius 3 is 2.47 bits per heavy atom. The molecule has 200 valence electrons. The second kappa shape index (κ2) is 12.9. The van der Waals surface area contributed by atoms with Crippen LogP contribution in [0.25, 0.3) is 33.1 Å². The largest absolute Gasteiger partial charge is 0.360 e. The Hall–Kier alpha value is -2.05. The number of hydrogen-bond donors (Lipinski definition) is 3. The van der Waals surface area contributed by atoms with Crippen LogP contribution in [-0.2, 0) is 0 Å². The summed E-state index contributed by atoms with van der Waals surface area (Å²) in [5.74, 6) is -0.0453. The van der Waals surface area contributed by atoms with Gasteiger partial charge < -0.3 is 25.4 Å². The lowest BCUT2D eigenvalue weighted by Crippen LogP contribution is -2.47. The monoisotopic (exact) mass is 688 g/mol. The maximum atomic E-state index is 13.4. The molecule has 1 aliphatic rings. The maximum absolute atomic E-state index is 13.4. The number of rotatable bonds is 10. The van der Waals surface area contributed by atoms with Crippen molar-refractivity contribution < 1.29 is 4.79 Å². The Bertz CT molecular complexity index is 1420. The van der Waals surface area contributed by atoms with Crippen molar-refractivity contribution in [3.8, 4) is 11.3 Å². The van der Waals surface area contributed by atoms with Crippen LogP contribution >= 0.6 is 38.5 Å². The Morgan fingerprint density at radius 2 is 1.74 bits per heavy atom. The van der Waals surface area contributed by atoms with Gasteiger partial charge in [0.15, 0.2) is 0 Å². The quantitative estimate of drug-likeness (QED) is 0.160. The number of carbonyl (C=O) groups is 1. The van der Waals surface area contributed by atoms with Crippen LogP contribution in [0.3, 0.4) is 0 Å². The molecule has 38 heavy (non-hydrogen) atoms. The molecule has 1 saturated heterocycles. The van der Waals surface area contributed by atoms with E-state index >= 15 is 0 Å². The fourth-order valence-corrected chi connectivity index (χ4v) is 6.00. The van der Waals surface area contributed by atoms with Gasteiger partial charge >= 0.3 is 0 Å². The van der Waals surface area contributed by atoms with Crippen LogP contribution in [0.5, 0.6) is 0 Å². The number of amides is 1. The van der Waals surface area contributed by atoms with Gasteiger partial charge in [-0.25, -0.2) is 4.98 Å². The highest BCUT2D eigenvalue weighted by Gasteiger charge is 2.18. The average molecular weight is 689 g/mol. The summed E-state index contributed by atoms with van der Waals surface area (Å²) in [6.07, 6.45) is 4.11. The van der Waals surface area contributed by atoms with Crippen LogP contribution in [-0.4, -0.2) is 85.1 Å². The number of halogens is 2. The highest BCUT2D eigenvalue weighted by Crippen LogP contribution is 2.32. The number of hydrogen-bond acceptors (Lipinski definition) is 5. The van der Waals surface area contributed by atoms with Gasteiger partial charge in [-0.15, -0.1) is 0 Å². The van der Waals surface area contributed by atoms with E-state index < -0.39 is 0 Å². The van der Waals surface area contributed by atoms with Crippen LogP contribution in [0.15, 0.2) is 53.1 Å². The van der Waals surface area contributed by atoms with E-state index in [1.165, 1.54) is 13.0 Å². The number of pyridine rings is 1. The van der Waals surface area contributed by atoms with Crippen molar-refractivity contribution in [2.24, 2.45) is 0 Å². The Morgan fingerprint density at radius 1 is 1.00 bits per heavy atom. The summed E-state index contributed by atoms with van der Waals surface area (Å²) >= 11 is 5.87. The number of benzene rings is 2. The smallest absolute Gasteiger partial charge is 0.252 e. The summed E-state index contributed by atoms with van der Waals surface area (Å²) in [6, 6.07) is 14.2. The first-order valence-corrected chi connectivity index (χ1v) is 15.1. The van der Waals surface area contributed by atoms with Gasteiger partial charge in [0.25, 0.3) is 5.91 Å². The molecule has 2 aromatic heterocycles. The molecule has 5 rings (SSSR count). The van der Waals surface area contributed by atoms with Gasteiger partial charge in [-0.1, -0.05) is 15.9 Å². The molecule has 2 aromatic carbocycles. The van der Waals surface area contributed by atoms with Crippen molar-refractivity contribution in [2.75, 3.05) is 59.4 Å². The summed E-state index contributed by atoms with van der Waals surface area (Å²) < 4.78 is 2.09. The Balaban J connectivity index is 1.25. The molecular weight excluding hydrogens is 655 g/mol. The number of aromatic nitrogens is 2. The minimum Gasteiger partial charge on any atom is -0.360 e. The number of nitrogens with one attached hydrogen (secondary N) is 3. The summed E-state index contributed by atoms with van der Waals surface area (Å²) in [6.45, 7) is 8.37. The zero-order chi connectivity index (χ0) is 26.5. The summed E-state index contributed by atoms with van der Waals surface area (Å²) in [5, 5.41) is 8.36. The highest BCUT2D eigenvalue weighted by atomic mass is 127. The topological polar surface area (TPSA) is 76.3 Å². The van der Waals surface area contributed by atoms with Gasteiger partial charge in [0, 0.05) is 68.8 Å². The van der Waals surface area contributed by atoms with E-state index in [0.29, 0.717) is 12.1 Å². The molecule has 0 unspecified atom stereocenters. The van der Waals surface area contributed by atoms with E-state index in [4.69, 9.17) is 4.98 Å². The van der Waals surface area contributed by atoms with Crippen molar-refractivity contribution in [2.45, 2.75) is 12.8 Å². The van der Waals surface area contributed by atoms with Crippen LogP contribution < -0.4 is 10.6 Å². The van der Waals surface area contributed by atoms with Crippen molar-refractivity contribution >= 4 is 66.2 Å². The minimum absolute atomic E-state index is 0.0453. The van der Waals surface area contributed by atoms with E-state index in [2.05, 4.69) is 70.0 Å². The Kier molecular flexibility index (Phi) is 9.32. The second-order valence-electron chi connectivity index (χ2n) is 9.86. The highest BCUT2D eigenvalue weighted by molar-refractivity contribution is 14.1. The number of piperazine rings is 1. The fraction of sp³-hybridized carbons (Fsp3) is 0.379. The minimum atomic E-state index is -0.0453. The molecule has 0 atom stereocenters. The lowest BCUT2D eigenvalue weighted by atomic mass is 10.0. The first-order valence-electron chi connectivity index (χ1n) is 13.3. The van der Waals surface area contributed by atoms with E-state index in [1.807, 2.05) is 49.6 Å². The molecule has 9 heteroatoms. The molecule has 7 nitrogen and oxygen atoms in total. The van der Waals surface area contributed by atoms with E-state index in [-0.39, 0.29) is 5.91 Å². The lowest BCUT2D eigenvalue weighted by Gasteiger charge is -2.34. The predicted molar refractivity (Wildman–Crippen MR) is 168 cm³/mol. The molecule has 3 heterocycles. The van der Waals surface area contributed by atoms with Crippen LogP contribution in [0, 0.1) is 3.57 Å². The van der Waals surface area contributed by atoms with Crippen molar-refractivity contribution in [1.82, 2.24) is 30.4 Å². The zero-order valence-corrected chi connectivity index (χ0v) is 25.4.